The average molecular weight is 364 g/mol. The highest BCUT2D eigenvalue weighted by molar-refractivity contribution is 6.09. The first-order valence-corrected chi connectivity index (χ1v) is 9.77. The zero-order valence-corrected chi connectivity index (χ0v) is 16.4. The number of esters is 1. The van der Waals surface area contributed by atoms with Crippen LogP contribution < -0.4 is 0 Å². The first kappa shape index (κ1) is 19.2. The van der Waals surface area contributed by atoms with E-state index in [0.717, 1.165) is 48.2 Å². The molecule has 0 saturated carbocycles. The molecule has 0 N–H and O–H groups in total. The van der Waals surface area contributed by atoms with Crippen LogP contribution in [0.25, 0.3) is 22.0 Å². The van der Waals surface area contributed by atoms with E-state index in [1.165, 1.54) is 0 Å². The zero-order valence-electron chi connectivity index (χ0n) is 16.4. The Labute approximate surface area is 161 Å². The minimum absolute atomic E-state index is 0.254. The van der Waals surface area contributed by atoms with E-state index in [4.69, 9.17) is 4.74 Å². The molecular formula is C23H28N2O2. The standard InChI is InChI=1S/C23H28N2O2/c1-4-24(5-2)16-17-25-21(18-12-8-7-9-13-18)19-14-10-11-15-20(19)22(25)23(26)27-6-3/h7-15H,4-6,16-17H2,1-3H3. The maximum absolute atomic E-state index is 12.9. The summed E-state index contributed by atoms with van der Waals surface area (Å²) in [6.45, 7) is 10.2. The Bertz CT molecular complexity index is 895. The monoisotopic (exact) mass is 364 g/mol. The van der Waals surface area contributed by atoms with Gasteiger partial charge in [0, 0.05) is 23.9 Å². The second-order valence-corrected chi connectivity index (χ2v) is 6.51. The molecule has 0 aliphatic heterocycles. The van der Waals surface area contributed by atoms with Crippen molar-refractivity contribution in [2.24, 2.45) is 0 Å². The number of fused-ring (bicyclic) bond motifs is 1. The van der Waals surface area contributed by atoms with Crippen LogP contribution in [0.2, 0.25) is 0 Å². The van der Waals surface area contributed by atoms with Crippen LogP contribution >= 0.6 is 0 Å². The molecule has 0 bridgehead atoms. The quantitative estimate of drug-likeness (QED) is 0.537. The van der Waals surface area contributed by atoms with E-state index in [1.807, 2.05) is 43.3 Å². The Morgan fingerprint density at radius 3 is 2.19 bits per heavy atom. The molecule has 0 aliphatic carbocycles. The summed E-state index contributed by atoms with van der Waals surface area (Å²) in [5.74, 6) is -0.254. The van der Waals surface area contributed by atoms with Crippen LogP contribution in [0.5, 0.6) is 0 Å². The van der Waals surface area contributed by atoms with Gasteiger partial charge in [-0.3, -0.25) is 0 Å². The van der Waals surface area contributed by atoms with Crippen molar-refractivity contribution in [2.45, 2.75) is 27.3 Å². The normalized spacial score (nSPS) is 11.3. The molecule has 0 amide bonds. The molecule has 1 heterocycles. The molecule has 0 spiro atoms. The van der Waals surface area contributed by atoms with Crippen molar-refractivity contribution >= 4 is 16.7 Å². The van der Waals surface area contributed by atoms with Crippen LogP contribution in [-0.2, 0) is 11.3 Å². The molecule has 3 aromatic rings. The second-order valence-electron chi connectivity index (χ2n) is 6.51. The molecule has 4 heteroatoms. The van der Waals surface area contributed by atoms with Crippen molar-refractivity contribution in [3.63, 3.8) is 0 Å². The summed E-state index contributed by atoms with van der Waals surface area (Å²) in [7, 11) is 0. The van der Waals surface area contributed by atoms with Gasteiger partial charge in [0.2, 0.25) is 0 Å². The lowest BCUT2D eigenvalue weighted by Crippen LogP contribution is -2.28. The van der Waals surface area contributed by atoms with Crippen molar-refractivity contribution in [3.05, 3.63) is 60.3 Å². The van der Waals surface area contributed by atoms with E-state index < -0.39 is 0 Å². The molecule has 1 aromatic heterocycles. The fraction of sp³-hybridized carbons (Fsp3) is 0.348. The minimum Gasteiger partial charge on any atom is -0.461 e. The number of rotatable bonds is 8. The molecule has 0 fully saturated rings. The maximum atomic E-state index is 12.9. The Morgan fingerprint density at radius 1 is 0.926 bits per heavy atom. The van der Waals surface area contributed by atoms with E-state index >= 15 is 0 Å². The fourth-order valence-corrected chi connectivity index (χ4v) is 3.63. The van der Waals surface area contributed by atoms with Crippen LogP contribution in [0.15, 0.2) is 54.6 Å². The number of likely N-dealkylation sites (N-methyl/N-ethyl adjacent to an activating group) is 1. The molecule has 0 aliphatic rings. The second kappa shape index (κ2) is 8.87. The summed E-state index contributed by atoms with van der Waals surface area (Å²) in [6, 6.07) is 18.4. The highest BCUT2D eigenvalue weighted by Crippen LogP contribution is 2.34. The first-order valence-electron chi connectivity index (χ1n) is 9.77. The van der Waals surface area contributed by atoms with Crippen molar-refractivity contribution in [1.82, 2.24) is 9.47 Å². The molecule has 3 rings (SSSR count). The topological polar surface area (TPSA) is 34.5 Å². The van der Waals surface area contributed by atoms with E-state index in [0.29, 0.717) is 12.3 Å². The van der Waals surface area contributed by atoms with Crippen molar-refractivity contribution in [1.29, 1.82) is 0 Å². The molecule has 2 aromatic carbocycles. The summed E-state index contributed by atoms with van der Waals surface area (Å²) >= 11 is 0. The third kappa shape index (κ3) is 3.91. The summed E-state index contributed by atoms with van der Waals surface area (Å²) in [4.78, 5) is 15.2. The molecular weight excluding hydrogens is 336 g/mol. The number of aromatic nitrogens is 1. The third-order valence-electron chi connectivity index (χ3n) is 5.03. The van der Waals surface area contributed by atoms with Crippen LogP contribution in [0, 0.1) is 0 Å². The number of hydrogen-bond acceptors (Lipinski definition) is 3. The first-order chi connectivity index (χ1) is 13.2. The van der Waals surface area contributed by atoms with Gasteiger partial charge in [-0.1, -0.05) is 68.4 Å². The number of hydrogen-bond donors (Lipinski definition) is 0. The highest BCUT2D eigenvalue weighted by atomic mass is 16.5. The lowest BCUT2D eigenvalue weighted by molar-refractivity contribution is 0.0515. The number of nitrogens with zero attached hydrogens (tertiary/aromatic N) is 2. The molecule has 0 unspecified atom stereocenters. The third-order valence-corrected chi connectivity index (χ3v) is 5.03. The lowest BCUT2D eigenvalue weighted by Gasteiger charge is -2.20. The maximum Gasteiger partial charge on any atom is 0.355 e. The van der Waals surface area contributed by atoms with Crippen LogP contribution in [0.1, 0.15) is 31.3 Å². The summed E-state index contributed by atoms with van der Waals surface area (Å²) in [5.41, 5.74) is 2.85. The van der Waals surface area contributed by atoms with Gasteiger partial charge in [-0.25, -0.2) is 4.79 Å². The summed E-state index contributed by atoms with van der Waals surface area (Å²) in [5, 5.41) is 2.04. The minimum atomic E-state index is -0.254. The fourth-order valence-electron chi connectivity index (χ4n) is 3.63. The van der Waals surface area contributed by atoms with Gasteiger partial charge in [0.1, 0.15) is 5.69 Å². The van der Waals surface area contributed by atoms with Gasteiger partial charge >= 0.3 is 5.97 Å². The van der Waals surface area contributed by atoms with Crippen molar-refractivity contribution in [2.75, 3.05) is 26.2 Å². The van der Waals surface area contributed by atoms with Gasteiger partial charge in [-0.05, 0) is 25.6 Å². The Balaban J connectivity index is 2.21. The summed E-state index contributed by atoms with van der Waals surface area (Å²) in [6.07, 6.45) is 0. The van der Waals surface area contributed by atoms with Crippen molar-refractivity contribution < 1.29 is 9.53 Å². The Morgan fingerprint density at radius 2 is 1.56 bits per heavy atom. The molecule has 27 heavy (non-hydrogen) atoms. The number of carbonyl (C=O) groups excluding carboxylic acids is 1. The van der Waals surface area contributed by atoms with Gasteiger partial charge < -0.3 is 14.2 Å². The molecule has 0 saturated heterocycles. The SMILES string of the molecule is CCOC(=O)c1c2ccccc2c(-c2ccccc2)n1CCN(CC)CC. The van der Waals surface area contributed by atoms with Crippen LogP contribution in [0.3, 0.4) is 0 Å². The number of ether oxygens (including phenoxy) is 1. The van der Waals surface area contributed by atoms with Crippen molar-refractivity contribution in [3.8, 4) is 11.3 Å². The van der Waals surface area contributed by atoms with Gasteiger partial charge in [0.25, 0.3) is 0 Å². The van der Waals surface area contributed by atoms with E-state index in [9.17, 15) is 4.79 Å². The van der Waals surface area contributed by atoms with E-state index in [2.05, 4.69) is 41.5 Å². The Kier molecular flexibility index (Phi) is 6.30. The van der Waals surface area contributed by atoms with Gasteiger partial charge in [-0.2, -0.15) is 0 Å². The molecule has 0 radical (unpaired) electrons. The van der Waals surface area contributed by atoms with Gasteiger partial charge in [-0.15, -0.1) is 0 Å². The van der Waals surface area contributed by atoms with E-state index in [1.54, 1.807) is 0 Å². The predicted molar refractivity (Wildman–Crippen MR) is 111 cm³/mol. The highest BCUT2D eigenvalue weighted by Gasteiger charge is 2.23. The van der Waals surface area contributed by atoms with Crippen LogP contribution in [0.4, 0.5) is 0 Å². The average Bonchev–Trinajstić information content (AvgIpc) is 3.04. The summed E-state index contributed by atoms with van der Waals surface area (Å²) < 4.78 is 7.56. The number of benzene rings is 2. The largest absolute Gasteiger partial charge is 0.461 e. The zero-order chi connectivity index (χ0) is 19.2. The van der Waals surface area contributed by atoms with Crippen LogP contribution in [-0.4, -0.2) is 41.7 Å². The number of carbonyl (C=O) groups is 1. The molecule has 4 nitrogen and oxygen atoms in total. The smallest absolute Gasteiger partial charge is 0.355 e. The van der Waals surface area contributed by atoms with Gasteiger partial charge in [0.05, 0.1) is 12.3 Å². The van der Waals surface area contributed by atoms with Gasteiger partial charge in [0.15, 0.2) is 0 Å². The molecule has 0 atom stereocenters. The predicted octanol–water partition coefficient (Wildman–Crippen LogP) is 4.83. The Hall–Kier alpha value is -2.59. The lowest BCUT2D eigenvalue weighted by atomic mass is 10.1. The molecule has 142 valence electrons. The van der Waals surface area contributed by atoms with E-state index in [-0.39, 0.29) is 5.97 Å².